The van der Waals surface area contributed by atoms with E-state index < -0.39 is 0 Å². The molecule has 0 bridgehead atoms. The molecule has 2 aromatic heterocycles. The fourth-order valence-electron chi connectivity index (χ4n) is 4.44. The van der Waals surface area contributed by atoms with E-state index >= 15 is 0 Å². The van der Waals surface area contributed by atoms with Crippen LogP contribution in [0.3, 0.4) is 0 Å². The maximum Gasteiger partial charge on any atom is 0.251 e. The minimum Gasteiger partial charge on any atom is -0.391 e. The van der Waals surface area contributed by atoms with Gasteiger partial charge in [-0.05, 0) is 68.7 Å². The number of nitrogens with two attached hydrogens (primary N) is 1. The van der Waals surface area contributed by atoms with E-state index in [1.54, 1.807) is 10.9 Å². The number of benzene rings is 1. The van der Waals surface area contributed by atoms with Gasteiger partial charge in [0, 0.05) is 31.0 Å². The Balaban J connectivity index is 1.31. The molecule has 31 heavy (non-hydrogen) atoms. The molecule has 2 aliphatic rings. The summed E-state index contributed by atoms with van der Waals surface area (Å²) in [7, 11) is 0. The number of nitrogens with zero attached hydrogens (tertiary/aromatic N) is 7. The van der Waals surface area contributed by atoms with Gasteiger partial charge in [-0.2, -0.15) is 9.67 Å². The Hall–Kier alpha value is -2.91. The van der Waals surface area contributed by atoms with E-state index in [4.69, 9.17) is 5.73 Å². The summed E-state index contributed by atoms with van der Waals surface area (Å²) in [6, 6.07) is 8.43. The van der Waals surface area contributed by atoms with Crippen LogP contribution in [0.1, 0.15) is 38.5 Å². The second-order valence-corrected chi connectivity index (χ2v) is 8.61. The summed E-state index contributed by atoms with van der Waals surface area (Å²) in [5, 5.41) is 18.2. The standard InChI is InChI=1S/C22H28N8O/c23-16-3-1-15(2-4-16)9-11-24-22-25-13-20-21(26-22)30(28-27-20)18-7-5-17(6-8-18)29-12-10-19(31)14-29/h5-8,11,13,15-16,19,31H,1-4,9-10,12,14,23H2. The molecule has 1 aromatic carbocycles. The molecule has 0 amide bonds. The van der Waals surface area contributed by atoms with Gasteiger partial charge in [-0.3, -0.25) is 0 Å². The normalized spacial score (nSPS) is 24.5. The highest BCUT2D eigenvalue weighted by Crippen LogP contribution is 2.26. The number of aliphatic imine (C=N–C) groups is 1. The number of aliphatic hydroxyl groups excluding tert-OH is 1. The maximum absolute atomic E-state index is 9.76. The number of hydrogen-bond acceptors (Lipinski definition) is 8. The summed E-state index contributed by atoms with van der Waals surface area (Å²) in [4.78, 5) is 15.6. The smallest absolute Gasteiger partial charge is 0.251 e. The van der Waals surface area contributed by atoms with Crippen molar-refractivity contribution in [2.75, 3.05) is 18.0 Å². The van der Waals surface area contributed by atoms with Gasteiger partial charge < -0.3 is 15.7 Å². The molecule has 3 N–H and O–H groups in total. The van der Waals surface area contributed by atoms with Crippen LogP contribution in [-0.4, -0.2) is 61.5 Å². The number of β-amino-alcohol motifs (C(OH)–C–C–N with tert-alkyl or cyclic N) is 1. The Morgan fingerprint density at radius 1 is 1.10 bits per heavy atom. The Labute approximate surface area is 181 Å². The molecule has 5 rings (SSSR count). The fourth-order valence-corrected chi connectivity index (χ4v) is 4.44. The Kier molecular flexibility index (Phi) is 5.61. The highest BCUT2D eigenvalue weighted by atomic mass is 16.3. The van der Waals surface area contributed by atoms with Crippen molar-refractivity contribution in [1.82, 2.24) is 25.0 Å². The second kappa shape index (κ2) is 8.68. The van der Waals surface area contributed by atoms with Crippen molar-refractivity contribution < 1.29 is 5.11 Å². The topological polar surface area (TPSA) is 118 Å². The highest BCUT2D eigenvalue weighted by Gasteiger charge is 2.20. The summed E-state index contributed by atoms with van der Waals surface area (Å²) >= 11 is 0. The summed E-state index contributed by atoms with van der Waals surface area (Å²) in [6.07, 6.45) is 9.61. The third kappa shape index (κ3) is 4.42. The van der Waals surface area contributed by atoms with Crippen LogP contribution in [0.4, 0.5) is 11.6 Å². The predicted molar refractivity (Wildman–Crippen MR) is 120 cm³/mol. The van der Waals surface area contributed by atoms with Crippen LogP contribution in [0.25, 0.3) is 16.9 Å². The lowest BCUT2D eigenvalue weighted by atomic mass is 9.85. The molecule has 9 heteroatoms. The van der Waals surface area contributed by atoms with Crippen molar-refractivity contribution in [2.24, 2.45) is 16.6 Å². The molecule has 1 atom stereocenters. The van der Waals surface area contributed by atoms with Crippen molar-refractivity contribution in [3.63, 3.8) is 0 Å². The first-order chi connectivity index (χ1) is 15.2. The first-order valence-corrected chi connectivity index (χ1v) is 11.1. The number of hydrogen-bond donors (Lipinski definition) is 2. The first kappa shape index (κ1) is 20.0. The van der Waals surface area contributed by atoms with Crippen LogP contribution in [-0.2, 0) is 0 Å². The highest BCUT2D eigenvalue weighted by molar-refractivity contribution is 5.72. The van der Waals surface area contributed by atoms with E-state index in [9.17, 15) is 5.11 Å². The summed E-state index contributed by atoms with van der Waals surface area (Å²) in [6.45, 7) is 1.54. The van der Waals surface area contributed by atoms with E-state index in [-0.39, 0.29) is 6.10 Å². The van der Waals surface area contributed by atoms with Gasteiger partial charge in [0.25, 0.3) is 5.95 Å². The quantitative estimate of drug-likeness (QED) is 0.608. The SMILES string of the molecule is NC1CCC(CC=Nc2ncc3nnn(-c4ccc(N5CCC(O)C5)cc4)c3n2)CC1. The van der Waals surface area contributed by atoms with Crippen molar-refractivity contribution in [3.05, 3.63) is 30.5 Å². The lowest BCUT2D eigenvalue weighted by Gasteiger charge is -2.24. The molecule has 1 saturated carbocycles. The molecule has 3 heterocycles. The predicted octanol–water partition coefficient (Wildman–Crippen LogP) is 2.39. The van der Waals surface area contributed by atoms with E-state index in [2.05, 4.69) is 30.2 Å². The third-order valence-electron chi connectivity index (χ3n) is 6.34. The van der Waals surface area contributed by atoms with Gasteiger partial charge >= 0.3 is 0 Å². The van der Waals surface area contributed by atoms with Crippen molar-refractivity contribution in [1.29, 1.82) is 0 Å². The Morgan fingerprint density at radius 3 is 2.61 bits per heavy atom. The Bertz CT molecular complexity index is 1060. The van der Waals surface area contributed by atoms with Crippen LogP contribution in [0.5, 0.6) is 0 Å². The summed E-state index contributed by atoms with van der Waals surface area (Å²) < 4.78 is 1.71. The minimum absolute atomic E-state index is 0.245. The molecule has 1 aliphatic carbocycles. The van der Waals surface area contributed by atoms with Crippen LogP contribution in [0.2, 0.25) is 0 Å². The van der Waals surface area contributed by atoms with Crippen LogP contribution in [0.15, 0.2) is 35.5 Å². The molecule has 9 nitrogen and oxygen atoms in total. The fraction of sp³-hybridized carbons (Fsp3) is 0.500. The first-order valence-electron chi connectivity index (χ1n) is 11.1. The largest absolute Gasteiger partial charge is 0.391 e. The van der Waals surface area contributed by atoms with Crippen LogP contribution >= 0.6 is 0 Å². The number of aromatic nitrogens is 5. The van der Waals surface area contributed by atoms with Crippen LogP contribution in [0, 0.1) is 5.92 Å². The number of fused-ring (bicyclic) bond motifs is 1. The molecule has 3 aromatic rings. The number of rotatable bonds is 5. The van der Waals surface area contributed by atoms with Crippen molar-refractivity contribution in [3.8, 4) is 5.69 Å². The van der Waals surface area contributed by atoms with Gasteiger partial charge in [-0.1, -0.05) is 5.21 Å². The second-order valence-electron chi connectivity index (χ2n) is 8.61. The van der Waals surface area contributed by atoms with Gasteiger partial charge in [0.05, 0.1) is 18.0 Å². The minimum atomic E-state index is -0.245. The zero-order valence-electron chi connectivity index (χ0n) is 17.5. The molecular formula is C22H28N8O. The molecular weight excluding hydrogens is 392 g/mol. The molecule has 1 aliphatic heterocycles. The molecule has 0 radical (unpaired) electrons. The zero-order valence-corrected chi connectivity index (χ0v) is 17.5. The third-order valence-corrected chi connectivity index (χ3v) is 6.34. The number of aliphatic hydroxyl groups is 1. The molecule has 162 valence electrons. The molecule has 0 spiro atoms. The monoisotopic (exact) mass is 420 g/mol. The van der Waals surface area contributed by atoms with Gasteiger partial charge in [-0.25, -0.2) is 9.98 Å². The molecule has 1 saturated heterocycles. The van der Waals surface area contributed by atoms with Gasteiger partial charge in [0.2, 0.25) is 0 Å². The lowest BCUT2D eigenvalue weighted by Crippen LogP contribution is -2.26. The van der Waals surface area contributed by atoms with Crippen LogP contribution < -0.4 is 10.6 Å². The van der Waals surface area contributed by atoms with E-state index in [0.29, 0.717) is 35.6 Å². The van der Waals surface area contributed by atoms with E-state index in [1.165, 1.54) is 0 Å². The average molecular weight is 421 g/mol. The van der Waals surface area contributed by atoms with E-state index in [1.807, 2.05) is 30.5 Å². The average Bonchev–Trinajstić information content (AvgIpc) is 3.41. The zero-order chi connectivity index (χ0) is 21.2. The maximum atomic E-state index is 9.76. The van der Waals surface area contributed by atoms with Crippen molar-refractivity contribution in [2.45, 2.75) is 50.7 Å². The molecule has 2 fully saturated rings. The lowest BCUT2D eigenvalue weighted by molar-refractivity contribution is 0.198. The summed E-state index contributed by atoms with van der Waals surface area (Å²) in [5.74, 6) is 1.07. The van der Waals surface area contributed by atoms with Gasteiger partial charge in [0.15, 0.2) is 11.2 Å². The Morgan fingerprint density at radius 2 is 1.87 bits per heavy atom. The molecule has 1 unspecified atom stereocenters. The summed E-state index contributed by atoms with van der Waals surface area (Å²) in [5.41, 5.74) is 9.22. The number of anilines is 1. The van der Waals surface area contributed by atoms with Gasteiger partial charge in [0.1, 0.15) is 0 Å². The van der Waals surface area contributed by atoms with E-state index in [0.717, 1.165) is 56.4 Å². The van der Waals surface area contributed by atoms with Gasteiger partial charge in [-0.15, -0.1) is 5.10 Å². The van der Waals surface area contributed by atoms with Crippen molar-refractivity contribution >= 4 is 29.0 Å².